The van der Waals surface area contributed by atoms with Gasteiger partial charge in [0.2, 0.25) is 11.8 Å². The number of aryl methyl sites for hydroxylation is 1. The quantitative estimate of drug-likeness (QED) is 0.891. The van der Waals surface area contributed by atoms with Crippen molar-refractivity contribution in [2.45, 2.75) is 25.7 Å². The summed E-state index contributed by atoms with van der Waals surface area (Å²) in [7, 11) is 0. The lowest BCUT2D eigenvalue weighted by Crippen LogP contribution is -2.25. The van der Waals surface area contributed by atoms with Gasteiger partial charge in [-0.25, -0.2) is 0 Å². The highest BCUT2D eigenvalue weighted by molar-refractivity contribution is 6.30. The first-order valence-corrected chi connectivity index (χ1v) is 8.45. The van der Waals surface area contributed by atoms with Crippen LogP contribution in [0.15, 0.2) is 48.5 Å². The molecular formula is C19H19ClN2O2. The molecule has 24 heavy (non-hydrogen) atoms. The van der Waals surface area contributed by atoms with Crippen LogP contribution in [0.25, 0.3) is 0 Å². The summed E-state index contributed by atoms with van der Waals surface area (Å²) in [6.07, 6.45) is 2.45. The maximum Gasteiger partial charge on any atom is 0.227 e. The average molecular weight is 343 g/mol. The third-order valence-electron chi connectivity index (χ3n) is 4.10. The number of amides is 2. The molecule has 1 aliphatic heterocycles. The number of rotatable bonds is 5. The fourth-order valence-electron chi connectivity index (χ4n) is 2.84. The molecule has 1 heterocycles. The van der Waals surface area contributed by atoms with Crippen molar-refractivity contribution >= 4 is 34.8 Å². The van der Waals surface area contributed by atoms with Crippen LogP contribution in [0.3, 0.4) is 0 Å². The van der Waals surface area contributed by atoms with Gasteiger partial charge >= 0.3 is 0 Å². The van der Waals surface area contributed by atoms with Gasteiger partial charge in [-0.2, -0.15) is 0 Å². The molecule has 0 spiro atoms. The molecule has 0 aromatic heterocycles. The van der Waals surface area contributed by atoms with Gasteiger partial charge in [-0.1, -0.05) is 35.9 Å². The molecule has 0 aliphatic carbocycles. The van der Waals surface area contributed by atoms with Crippen LogP contribution in [0.5, 0.6) is 0 Å². The lowest BCUT2D eigenvalue weighted by molar-refractivity contribution is -0.117. The van der Waals surface area contributed by atoms with Crippen LogP contribution in [0.2, 0.25) is 5.02 Å². The lowest BCUT2D eigenvalue weighted by Gasteiger charge is -2.20. The molecule has 0 bridgehead atoms. The van der Waals surface area contributed by atoms with Gasteiger partial charge in [0.05, 0.1) is 11.4 Å². The van der Waals surface area contributed by atoms with Crippen molar-refractivity contribution in [3.63, 3.8) is 0 Å². The van der Waals surface area contributed by atoms with E-state index in [1.54, 1.807) is 4.90 Å². The number of halogens is 1. The highest BCUT2D eigenvalue weighted by Crippen LogP contribution is 2.29. The number of benzene rings is 2. The van der Waals surface area contributed by atoms with Crippen molar-refractivity contribution in [2.75, 3.05) is 16.8 Å². The summed E-state index contributed by atoms with van der Waals surface area (Å²) in [4.78, 5) is 26.0. The van der Waals surface area contributed by atoms with Crippen LogP contribution in [-0.4, -0.2) is 18.4 Å². The van der Waals surface area contributed by atoms with Gasteiger partial charge in [-0.15, -0.1) is 0 Å². The number of hydrogen-bond donors (Lipinski definition) is 1. The Labute approximate surface area is 146 Å². The zero-order chi connectivity index (χ0) is 16.9. The Morgan fingerprint density at radius 3 is 2.58 bits per heavy atom. The van der Waals surface area contributed by atoms with Crippen LogP contribution < -0.4 is 10.2 Å². The smallest absolute Gasteiger partial charge is 0.227 e. The van der Waals surface area contributed by atoms with Gasteiger partial charge in [0, 0.05) is 24.4 Å². The van der Waals surface area contributed by atoms with Gasteiger partial charge in [-0.3, -0.25) is 9.59 Å². The molecule has 0 saturated carbocycles. The number of anilines is 2. The van der Waals surface area contributed by atoms with Crippen LogP contribution in [0.4, 0.5) is 11.4 Å². The van der Waals surface area contributed by atoms with Gasteiger partial charge in [0.25, 0.3) is 0 Å². The van der Waals surface area contributed by atoms with Gasteiger partial charge in [-0.05, 0) is 42.7 Å². The molecule has 3 rings (SSSR count). The zero-order valence-corrected chi connectivity index (χ0v) is 14.1. The van der Waals surface area contributed by atoms with E-state index in [0.717, 1.165) is 17.7 Å². The SMILES string of the molecule is O=C(CCc1ccc(Cl)cc1)Nc1ccccc1N1CCCC1=O. The van der Waals surface area contributed by atoms with Crippen LogP contribution in [-0.2, 0) is 16.0 Å². The van der Waals surface area contributed by atoms with E-state index in [4.69, 9.17) is 11.6 Å². The van der Waals surface area contributed by atoms with E-state index in [9.17, 15) is 9.59 Å². The van der Waals surface area contributed by atoms with Gasteiger partial charge < -0.3 is 10.2 Å². The second kappa shape index (κ2) is 7.49. The summed E-state index contributed by atoms with van der Waals surface area (Å²) in [5, 5.41) is 3.62. The van der Waals surface area contributed by atoms with Crippen LogP contribution >= 0.6 is 11.6 Å². The Balaban J connectivity index is 1.64. The second-order valence-corrected chi connectivity index (χ2v) is 6.28. The van der Waals surface area contributed by atoms with Crippen LogP contribution in [0, 0.1) is 0 Å². The standard InChI is InChI=1S/C19H19ClN2O2/c20-15-10-7-14(8-11-15)9-12-18(23)21-16-4-1-2-5-17(16)22-13-3-6-19(22)24/h1-2,4-5,7-8,10-11H,3,6,9,12-13H2,(H,21,23). The Bertz CT molecular complexity index is 743. The van der Waals surface area contributed by atoms with Crippen molar-refractivity contribution < 1.29 is 9.59 Å². The number of para-hydroxylation sites is 2. The maximum atomic E-state index is 12.3. The van der Waals surface area contributed by atoms with Crippen molar-refractivity contribution in [3.8, 4) is 0 Å². The molecule has 2 aromatic carbocycles. The molecule has 0 atom stereocenters. The largest absolute Gasteiger partial charge is 0.324 e. The third kappa shape index (κ3) is 3.95. The number of nitrogens with one attached hydrogen (secondary N) is 1. The molecular weight excluding hydrogens is 324 g/mol. The van der Waals surface area contributed by atoms with E-state index in [2.05, 4.69) is 5.32 Å². The highest BCUT2D eigenvalue weighted by atomic mass is 35.5. The predicted molar refractivity (Wildman–Crippen MR) is 96.4 cm³/mol. The summed E-state index contributed by atoms with van der Waals surface area (Å²) >= 11 is 5.86. The summed E-state index contributed by atoms with van der Waals surface area (Å²) in [6.45, 7) is 0.705. The Morgan fingerprint density at radius 2 is 1.88 bits per heavy atom. The minimum atomic E-state index is -0.0657. The van der Waals surface area contributed by atoms with Crippen LogP contribution in [0.1, 0.15) is 24.8 Å². The summed E-state index contributed by atoms with van der Waals surface area (Å²) in [6, 6.07) is 14.9. The monoisotopic (exact) mass is 342 g/mol. The lowest BCUT2D eigenvalue weighted by atomic mass is 10.1. The van der Waals surface area contributed by atoms with Crippen molar-refractivity contribution in [3.05, 3.63) is 59.1 Å². The van der Waals surface area contributed by atoms with E-state index in [0.29, 0.717) is 36.5 Å². The Hall–Kier alpha value is -2.33. The fraction of sp³-hybridized carbons (Fsp3) is 0.263. The van der Waals surface area contributed by atoms with Gasteiger partial charge in [0.15, 0.2) is 0 Å². The van der Waals surface area contributed by atoms with Crippen molar-refractivity contribution in [1.82, 2.24) is 0 Å². The van der Waals surface area contributed by atoms with E-state index < -0.39 is 0 Å². The first kappa shape index (κ1) is 16.5. The number of carbonyl (C=O) groups excluding carboxylic acids is 2. The molecule has 4 nitrogen and oxygen atoms in total. The van der Waals surface area contributed by atoms with E-state index in [1.165, 1.54) is 0 Å². The normalized spacial score (nSPS) is 14.0. The third-order valence-corrected chi connectivity index (χ3v) is 4.35. The number of nitrogens with zero attached hydrogens (tertiary/aromatic N) is 1. The summed E-state index contributed by atoms with van der Waals surface area (Å²) in [5.74, 6) is 0.0434. The molecule has 0 radical (unpaired) electrons. The van der Waals surface area contributed by atoms with E-state index >= 15 is 0 Å². The van der Waals surface area contributed by atoms with E-state index in [-0.39, 0.29) is 11.8 Å². The molecule has 2 amide bonds. The highest BCUT2D eigenvalue weighted by Gasteiger charge is 2.24. The fourth-order valence-corrected chi connectivity index (χ4v) is 2.97. The number of hydrogen-bond acceptors (Lipinski definition) is 2. The first-order valence-electron chi connectivity index (χ1n) is 8.07. The molecule has 1 N–H and O–H groups in total. The first-order chi connectivity index (χ1) is 11.6. The molecule has 1 aliphatic rings. The van der Waals surface area contributed by atoms with E-state index in [1.807, 2.05) is 48.5 Å². The predicted octanol–water partition coefficient (Wildman–Crippen LogP) is 4.04. The Kier molecular flexibility index (Phi) is 5.16. The molecule has 0 unspecified atom stereocenters. The number of carbonyl (C=O) groups is 2. The Morgan fingerprint density at radius 1 is 1.12 bits per heavy atom. The topological polar surface area (TPSA) is 49.4 Å². The minimum Gasteiger partial charge on any atom is -0.324 e. The average Bonchev–Trinajstić information content (AvgIpc) is 3.01. The summed E-state index contributed by atoms with van der Waals surface area (Å²) < 4.78 is 0. The van der Waals surface area contributed by atoms with Crippen molar-refractivity contribution in [1.29, 1.82) is 0 Å². The minimum absolute atomic E-state index is 0.0657. The maximum absolute atomic E-state index is 12.3. The molecule has 2 aromatic rings. The molecule has 124 valence electrons. The second-order valence-electron chi connectivity index (χ2n) is 5.84. The molecule has 1 saturated heterocycles. The summed E-state index contributed by atoms with van der Waals surface area (Å²) in [5.41, 5.74) is 2.53. The van der Waals surface area contributed by atoms with Gasteiger partial charge in [0.1, 0.15) is 0 Å². The molecule has 1 fully saturated rings. The zero-order valence-electron chi connectivity index (χ0n) is 13.3. The van der Waals surface area contributed by atoms with Crippen molar-refractivity contribution in [2.24, 2.45) is 0 Å². The molecule has 5 heteroatoms.